The fourth-order valence-corrected chi connectivity index (χ4v) is 3.32. The summed E-state index contributed by atoms with van der Waals surface area (Å²) >= 11 is 0. The average Bonchev–Trinajstić information content (AvgIpc) is 3.24. The minimum Gasteiger partial charge on any atom is -0.464 e. The van der Waals surface area contributed by atoms with Crippen LogP contribution in [0.1, 0.15) is 108 Å². The molecule has 0 aliphatic rings. The van der Waals surface area contributed by atoms with Crippen LogP contribution in [0.4, 0.5) is 0 Å². The maximum atomic E-state index is 12.3. The van der Waals surface area contributed by atoms with Gasteiger partial charge in [-0.2, -0.15) is 0 Å². The van der Waals surface area contributed by atoms with E-state index in [9.17, 15) is 9.59 Å². The van der Waals surface area contributed by atoms with Crippen molar-refractivity contribution in [2.24, 2.45) is 5.92 Å². The van der Waals surface area contributed by atoms with Gasteiger partial charge in [0.2, 0.25) is 0 Å². The predicted octanol–water partition coefficient (Wildman–Crippen LogP) is 6.28. The van der Waals surface area contributed by atoms with Gasteiger partial charge in [-0.05, 0) is 24.5 Å². The molecule has 0 spiro atoms. The van der Waals surface area contributed by atoms with Crippen molar-refractivity contribution >= 4 is 11.9 Å². The summed E-state index contributed by atoms with van der Waals surface area (Å²) in [6, 6.07) is 2.56. The van der Waals surface area contributed by atoms with Crippen LogP contribution in [0.2, 0.25) is 0 Å². The normalized spacial score (nSPS) is 12.1. The van der Waals surface area contributed by atoms with E-state index in [0.717, 1.165) is 12.8 Å². The van der Waals surface area contributed by atoms with Gasteiger partial charge in [-0.1, -0.05) is 91.4 Å². The zero-order valence-electron chi connectivity index (χ0n) is 18.7. The third kappa shape index (κ3) is 11.7. The number of unbranched alkanes of at least 4 members (excludes halogenated alkanes) is 11. The van der Waals surface area contributed by atoms with Crippen molar-refractivity contribution in [2.75, 3.05) is 6.61 Å². The second kappa shape index (κ2) is 16.1. The number of amides is 1. The van der Waals surface area contributed by atoms with E-state index in [2.05, 4.69) is 12.2 Å². The number of carbonyl (C=O) groups excluding carboxylic acids is 2. The highest BCUT2D eigenvalue weighted by molar-refractivity contribution is 5.94. The molecule has 1 aromatic rings. The number of rotatable bonds is 17. The predicted molar refractivity (Wildman–Crippen MR) is 117 cm³/mol. The standard InChI is InChI=1S/C24H41NO4/c1-4-5-6-7-8-9-10-11-12-13-14-15-18-29-24(27)22(20(2)3)25-23(26)21-17-16-19-28-21/h16-17,19-20,22H,4-15,18H2,1-3H3,(H,25,26). The minimum absolute atomic E-state index is 0.0524. The van der Waals surface area contributed by atoms with E-state index in [0.29, 0.717) is 6.61 Å². The van der Waals surface area contributed by atoms with Crippen molar-refractivity contribution in [1.29, 1.82) is 0 Å². The summed E-state index contributed by atoms with van der Waals surface area (Å²) < 4.78 is 10.5. The average molecular weight is 408 g/mol. The number of nitrogens with one attached hydrogen (secondary N) is 1. The van der Waals surface area contributed by atoms with Crippen LogP contribution in [-0.2, 0) is 9.53 Å². The molecule has 0 aliphatic carbocycles. The molecule has 0 fully saturated rings. The van der Waals surface area contributed by atoms with Gasteiger partial charge in [0.25, 0.3) is 5.91 Å². The van der Waals surface area contributed by atoms with Crippen LogP contribution in [-0.4, -0.2) is 24.5 Å². The van der Waals surface area contributed by atoms with Crippen LogP contribution >= 0.6 is 0 Å². The van der Waals surface area contributed by atoms with Gasteiger partial charge < -0.3 is 14.5 Å². The third-order valence-electron chi connectivity index (χ3n) is 5.19. The third-order valence-corrected chi connectivity index (χ3v) is 5.19. The van der Waals surface area contributed by atoms with E-state index in [1.165, 1.54) is 70.5 Å². The molecule has 1 aromatic heterocycles. The second-order valence-corrected chi connectivity index (χ2v) is 8.23. The summed E-state index contributed by atoms with van der Waals surface area (Å²) in [5.41, 5.74) is 0. The van der Waals surface area contributed by atoms with Crippen molar-refractivity contribution in [3.05, 3.63) is 24.2 Å². The molecule has 29 heavy (non-hydrogen) atoms. The fourth-order valence-electron chi connectivity index (χ4n) is 3.32. The first kappa shape index (κ1) is 25.3. The van der Waals surface area contributed by atoms with Gasteiger partial charge in [0, 0.05) is 0 Å². The maximum Gasteiger partial charge on any atom is 0.328 e. The Hall–Kier alpha value is -1.78. The van der Waals surface area contributed by atoms with Crippen molar-refractivity contribution in [1.82, 2.24) is 5.32 Å². The molecule has 0 aliphatic heterocycles. The van der Waals surface area contributed by atoms with Gasteiger partial charge in [-0.15, -0.1) is 0 Å². The lowest BCUT2D eigenvalue weighted by atomic mass is 10.0. The molecule has 1 atom stereocenters. The van der Waals surface area contributed by atoms with E-state index in [1.807, 2.05) is 13.8 Å². The molecule has 5 nitrogen and oxygen atoms in total. The molecule has 0 saturated heterocycles. The molecule has 166 valence electrons. The Bertz CT molecular complexity index is 539. The maximum absolute atomic E-state index is 12.3. The number of furan rings is 1. The van der Waals surface area contributed by atoms with Gasteiger partial charge >= 0.3 is 5.97 Å². The Morgan fingerprint density at radius 3 is 1.97 bits per heavy atom. The summed E-state index contributed by atoms with van der Waals surface area (Å²) in [5, 5.41) is 2.71. The molecule has 0 aromatic carbocycles. The first-order valence-electron chi connectivity index (χ1n) is 11.6. The Labute approximate surface area is 177 Å². The smallest absolute Gasteiger partial charge is 0.328 e. The lowest BCUT2D eigenvalue weighted by Gasteiger charge is -2.20. The zero-order valence-corrected chi connectivity index (χ0v) is 18.7. The minimum atomic E-state index is -0.662. The lowest BCUT2D eigenvalue weighted by molar-refractivity contribution is -0.147. The fraction of sp³-hybridized carbons (Fsp3) is 0.750. The molecule has 1 amide bonds. The van der Waals surface area contributed by atoms with Crippen LogP contribution < -0.4 is 5.32 Å². The Balaban J connectivity index is 2.06. The molecule has 0 saturated carbocycles. The summed E-state index contributed by atoms with van der Waals surface area (Å²) in [4.78, 5) is 24.4. The quantitative estimate of drug-likeness (QED) is 0.244. The zero-order chi connectivity index (χ0) is 21.3. The van der Waals surface area contributed by atoms with Crippen molar-refractivity contribution < 1.29 is 18.7 Å². The van der Waals surface area contributed by atoms with Crippen LogP contribution in [0.3, 0.4) is 0 Å². The number of hydrogen-bond donors (Lipinski definition) is 1. The molecule has 1 heterocycles. The monoisotopic (exact) mass is 407 g/mol. The topological polar surface area (TPSA) is 68.5 Å². The van der Waals surface area contributed by atoms with E-state index in [-0.39, 0.29) is 17.6 Å². The highest BCUT2D eigenvalue weighted by Gasteiger charge is 2.26. The molecule has 0 radical (unpaired) electrons. The molecular weight excluding hydrogens is 366 g/mol. The van der Waals surface area contributed by atoms with Gasteiger partial charge in [0.1, 0.15) is 6.04 Å². The van der Waals surface area contributed by atoms with Gasteiger partial charge in [0.05, 0.1) is 12.9 Å². The molecule has 5 heteroatoms. The first-order chi connectivity index (χ1) is 14.1. The van der Waals surface area contributed by atoms with Crippen LogP contribution in [0, 0.1) is 5.92 Å². The Kier molecular flexibility index (Phi) is 14.0. The Morgan fingerprint density at radius 1 is 0.931 bits per heavy atom. The van der Waals surface area contributed by atoms with Gasteiger partial charge in [0.15, 0.2) is 5.76 Å². The van der Waals surface area contributed by atoms with Crippen molar-refractivity contribution in [3.63, 3.8) is 0 Å². The largest absolute Gasteiger partial charge is 0.464 e. The summed E-state index contributed by atoms with van der Waals surface area (Å²) in [6.45, 7) is 6.44. The SMILES string of the molecule is CCCCCCCCCCCCCCOC(=O)C(NC(=O)c1ccco1)C(C)C. The van der Waals surface area contributed by atoms with Crippen LogP contribution in [0.25, 0.3) is 0 Å². The second-order valence-electron chi connectivity index (χ2n) is 8.23. The number of ether oxygens (including phenoxy) is 1. The highest BCUT2D eigenvalue weighted by Crippen LogP contribution is 2.12. The van der Waals surface area contributed by atoms with E-state index in [1.54, 1.807) is 12.1 Å². The van der Waals surface area contributed by atoms with E-state index < -0.39 is 11.9 Å². The van der Waals surface area contributed by atoms with Crippen molar-refractivity contribution in [2.45, 2.75) is 104 Å². The summed E-state index contributed by atoms with van der Waals surface area (Å²) in [6.07, 6.45) is 16.7. The molecule has 1 unspecified atom stereocenters. The number of hydrogen-bond acceptors (Lipinski definition) is 4. The van der Waals surface area contributed by atoms with Crippen LogP contribution in [0.15, 0.2) is 22.8 Å². The summed E-state index contributed by atoms with van der Waals surface area (Å²) in [7, 11) is 0. The molecule has 1 N–H and O–H groups in total. The van der Waals surface area contributed by atoms with Crippen LogP contribution in [0.5, 0.6) is 0 Å². The molecule has 0 bridgehead atoms. The van der Waals surface area contributed by atoms with Gasteiger partial charge in [-0.25, -0.2) is 4.79 Å². The van der Waals surface area contributed by atoms with Gasteiger partial charge in [-0.3, -0.25) is 4.79 Å². The highest BCUT2D eigenvalue weighted by atomic mass is 16.5. The lowest BCUT2D eigenvalue weighted by Crippen LogP contribution is -2.45. The number of esters is 1. The van der Waals surface area contributed by atoms with Crippen molar-refractivity contribution in [3.8, 4) is 0 Å². The molecular formula is C24H41NO4. The number of carbonyl (C=O) groups is 2. The molecule has 1 rings (SSSR count). The Morgan fingerprint density at radius 2 is 1.48 bits per heavy atom. The first-order valence-corrected chi connectivity index (χ1v) is 11.6. The van der Waals surface area contributed by atoms with E-state index >= 15 is 0 Å². The summed E-state index contributed by atoms with van der Waals surface area (Å²) in [5.74, 6) is -0.619. The van der Waals surface area contributed by atoms with E-state index in [4.69, 9.17) is 9.15 Å².